The van der Waals surface area contributed by atoms with E-state index >= 15 is 0 Å². The Morgan fingerprint density at radius 1 is 0.742 bits per heavy atom. The molecule has 2 heterocycles. The van der Waals surface area contributed by atoms with Gasteiger partial charge in [0.2, 0.25) is 0 Å². The molecule has 180 valence electrons. The molecule has 2 aliphatic carbocycles. The molecule has 10 nitrogen and oxygen atoms in total. The van der Waals surface area contributed by atoms with Crippen LogP contribution in [0, 0.1) is 11.8 Å². The number of rotatable bonds is 4. The third-order valence-electron chi connectivity index (χ3n) is 7.55. The van der Waals surface area contributed by atoms with Gasteiger partial charge in [-0.1, -0.05) is 0 Å². The first-order chi connectivity index (χ1) is 14.8. The molecule has 31 heavy (non-hydrogen) atoms. The molecule has 2 saturated heterocycles. The second kappa shape index (κ2) is 9.84. The summed E-state index contributed by atoms with van der Waals surface area (Å²) in [5.74, 6) is -0.0839. The number of ether oxygens (including phenoxy) is 3. The SMILES string of the molecule is OCC1OC(OC2CC(O)CC3OC(C4CCC(O)CC4)C(O)CC23)C(O)C(O)C1O. The third kappa shape index (κ3) is 4.93. The van der Waals surface area contributed by atoms with Crippen molar-refractivity contribution >= 4 is 0 Å². The van der Waals surface area contributed by atoms with Gasteiger partial charge in [-0.25, -0.2) is 0 Å². The Morgan fingerprint density at radius 3 is 2.13 bits per heavy atom. The lowest BCUT2D eigenvalue weighted by Crippen LogP contribution is -2.61. The van der Waals surface area contributed by atoms with Gasteiger partial charge >= 0.3 is 0 Å². The van der Waals surface area contributed by atoms with Crippen LogP contribution in [0.25, 0.3) is 0 Å². The summed E-state index contributed by atoms with van der Waals surface area (Å²) in [5, 5.41) is 70.7. The van der Waals surface area contributed by atoms with Crippen molar-refractivity contribution < 1.29 is 50.0 Å². The predicted octanol–water partition coefficient (Wildman–Crippen LogP) is -1.99. The number of aliphatic hydroxyl groups is 7. The fraction of sp³-hybridized carbons (Fsp3) is 1.00. The van der Waals surface area contributed by atoms with Gasteiger partial charge in [0.15, 0.2) is 6.29 Å². The Morgan fingerprint density at radius 2 is 1.45 bits per heavy atom. The second-order valence-electron chi connectivity index (χ2n) is 9.67. The molecule has 4 aliphatic rings. The highest BCUT2D eigenvalue weighted by Gasteiger charge is 2.51. The Bertz CT molecular complexity index is 583. The van der Waals surface area contributed by atoms with E-state index < -0.39 is 55.6 Å². The molecule has 0 spiro atoms. The van der Waals surface area contributed by atoms with Gasteiger partial charge in [-0.2, -0.15) is 0 Å². The van der Waals surface area contributed by atoms with Crippen molar-refractivity contribution in [2.75, 3.05) is 6.61 Å². The predicted molar refractivity (Wildman–Crippen MR) is 105 cm³/mol. The van der Waals surface area contributed by atoms with Crippen LogP contribution in [0.5, 0.6) is 0 Å². The lowest BCUT2D eigenvalue weighted by molar-refractivity contribution is -0.327. The summed E-state index contributed by atoms with van der Waals surface area (Å²) in [7, 11) is 0. The highest BCUT2D eigenvalue weighted by molar-refractivity contribution is 4.98. The number of fused-ring (bicyclic) bond motifs is 1. The maximum absolute atomic E-state index is 10.8. The Kier molecular flexibility index (Phi) is 7.54. The van der Waals surface area contributed by atoms with Gasteiger partial charge in [-0.15, -0.1) is 0 Å². The van der Waals surface area contributed by atoms with Crippen molar-refractivity contribution in [3.63, 3.8) is 0 Å². The maximum Gasteiger partial charge on any atom is 0.186 e. The van der Waals surface area contributed by atoms with E-state index in [9.17, 15) is 35.7 Å². The molecule has 0 aromatic rings. The minimum Gasteiger partial charge on any atom is -0.394 e. The van der Waals surface area contributed by atoms with Crippen molar-refractivity contribution in [2.45, 2.75) is 112 Å². The average Bonchev–Trinajstić information content (AvgIpc) is 2.75. The van der Waals surface area contributed by atoms with Crippen LogP contribution in [0.15, 0.2) is 0 Å². The molecule has 10 heteroatoms. The van der Waals surface area contributed by atoms with E-state index in [2.05, 4.69) is 0 Å². The van der Waals surface area contributed by atoms with E-state index in [1.165, 1.54) is 0 Å². The first-order valence-electron chi connectivity index (χ1n) is 11.4. The van der Waals surface area contributed by atoms with Crippen LogP contribution < -0.4 is 0 Å². The maximum atomic E-state index is 10.8. The Labute approximate surface area is 181 Å². The molecule has 0 aromatic carbocycles. The van der Waals surface area contributed by atoms with Crippen LogP contribution in [0.4, 0.5) is 0 Å². The number of hydrogen-bond donors (Lipinski definition) is 7. The highest BCUT2D eigenvalue weighted by atomic mass is 16.7. The summed E-state index contributed by atoms with van der Waals surface area (Å²) < 4.78 is 17.7. The third-order valence-corrected chi connectivity index (χ3v) is 7.55. The Balaban J connectivity index is 1.43. The van der Waals surface area contributed by atoms with Crippen LogP contribution in [-0.4, -0.2) is 110 Å². The Hall–Kier alpha value is -0.400. The standard InChI is InChI=1S/C21H36O10/c22-8-16-17(26)18(27)19(28)21(31-16)30-15-6-11(24)5-14-12(15)7-13(25)20(29-14)9-1-3-10(23)4-2-9/h9-28H,1-8H2. The summed E-state index contributed by atoms with van der Waals surface area (Å²) in [6.45, 7) is -0.552. The van der Waals surface area contributed by atoms with Gasteiger partial charge in [0, 0.05) is 12.3 Å². The minimum atomic E-state index is -1.54. The van der Waals surface area contributed by atoms with Gasteiger partial charge in [-0.3, -0.25) is 0 Å². The summed E-state index contributed by atoms with van der Waals surface area (Å²) in [6.07, 6.45) is -5.86. The molecule has 4 fully saturated rings. The molecule has 0 bridgehead atoms. The fourth-order valence-electron chi connectivity index (χ4n) is 5.75. The molecule has 11 atom stereocenters. The number of hydrogen-bond acceptors (Lipinski definition) is 10. The molecular formula is C21H36O10. The van der Waals surface area contributed by atoms with Crippen molar-refractivity contribution in [3.05, 3.63) is 0 Å². The lowest BCUT2D eigenvalue weighted by Gasteiger charge is -2.50. The first-order valence-corrected chi connectivity index (χ1v) is 11.4. The normalized spacial score (nSPS) is 53.7. The topological polar surface area (TPSA) is 169 Å². The van der Waals surface area contributed by atoms with E-state index in [1.807, 2.05) is 0 Å². The fourth-order valence-corrected chi connectivity index (χ4v) is 5.75. The molecule has 2 aliphatic heterocycles. The van der Waals surface area contributed by atoms with E-state index in [1.54, 1.807) is 0 Å². The van der Waals surface area contributed by atoms with Gasteiger partial charge in [0.25, 0.3) is 0 Å². The largest absolute Gasteiger partial charge is 0.394 e. The van der Waals surface area contributed by atoms with Crippen LogP contribution in [0.2, 0.25) is 0 Å². The van der Waals surface area contributed by atoms with E-state index in [4.69, 9.17) is 14.2 Å². The van der Waals surface area contributed by atoms with Crippen LogP contribution >= 0.6 is 0 Å². The van der Waals surface area contributed by atoms with E-state index in [0.717, 1.165) is 12.8 Å². The smallest absolute Gasteiger partial charge is 0.186 e. The monoisotopic (exact) mass is 448 g/mol. The van der Waals surface area contributed by atoms with E-state index in [0.29, 0.717) is 25.7 Å². The average molecular weight is 449 g/mol. The van der Waals surface area contributed by atoms with Crippen molar-refractivity contribution in [2.24, 2.45) is 11.8 Å². The van der Waals surface area contributed by atoms with Gasteiger partial charge in [0.1, 0.15) is 24.4 Å². The van der Waals surface area contributed by atoms with Crippen LogP contribution in [0.3, 0.4) is 0 Å². The van der Waals surface area contributed by atoms with Crippen molar-refractivity contribution in [3.8, 4) is 0 Å². The highest BCUT2D eigenvalue weighted by Crippen LogP contribution is 2.43. The molecule has 0 amide bonds. The molecule has 7 N–H and O–H groups in total. The lowest BCUT2D eigenvalue weighted by atomic mass is 9.73. The molecule has 11 unspecified atom stereocenters. The van der Waals surface area contributed by atoms with Gasteiger partial charge in [0.05, 0.1) is 43.2 Å². The zero-order valence-electron chi connectivity index (χ0n) is 17.5. The molecule has 0 aromatic heterocycles. The van der Waals surface area contributed by atoms with Crippen LogP contribution in [0.1, 0.15) is 44.9 Å². The van der Waals surface area contributed by atoms with Crippen molar-refractivity contribution in [1.82, 2.24) is 0 Å². The van der Waals surface area contributed by atoms with E-state index in [-0.39, 0.29) is 36.6 Å². The summed E-state index contributed by atoms with van der Waals surface area (Å²) in [5.41, 5.74) is 0. The summed E-state index contributed by atoms with van der Waals surface area (Å²) in [4.78, 5) is 0. The molecular weight excluding hydrogens is 412 g/mol. The van der Waals surface area contributed by atoms with Gasteiger partial charge < -0.3 is 50.0 Å². The zero-order valence-corrected chi connectivity index (χ0v) is 17.5. The number of aliphatic hydroxyl groups excluding tert-OH is 7. The minimum absolute atomic E-state index is 0.156. The quantitative estimate of drug-likeness (QED) is 0.256. The van der Waals surface area contributed by atoms with Gasteiger partial charge in [-0.05, 0) is 44.4 Å². The second-order valence-corrected chi connectivity index (χ2v) is 9.67. The van der Waals surface area contributed by atoms with Crippen LogP contribution in [-0.2, 0) is 14.2 Å². The molecule has 2 saturated carbocycles. The first kappa shape index (κ1) is 23.7. The molecule has 4 rings (SSSR count). The van der Waals surface area contributed by atoms with Crippen molar-refractivity contribution in [1.29, 1.82) is 0 Å². The molecule has 0 radical (unpaired) electrons. The summed E-state index contributed by atoms with van der Waals surface area (Å²) >= 11 is 0. The zero-order chi connectivity index (χ0) is 22.3. The summed E-state index contributed by atoms with van der Waals surface area (Å²) in [6, 6.07) is 0.